The standard InChI is InChI=1S/C24H23F3N4O/c1-16-3-5-18(6-4-16)22-28-17(2)15-21(29-22)30-11-13-31(14-12-30)23(32)19-7-9-20(10-8-19)24(25,26)27/h3-10,15H,11-14H2,1-2H3. The van der Waals surface area contributed by atoms with Gasteiger partial charge in [0, 0.05) is 49.1 Å². The van der Waals surface area contributed by atoms with Gasteiger partial charge in [-0.3, -0.25) is 4.79 Å². The highest BCUT2D eigenvalue weighted by Gasteiger charge is 2.31. The summed E-state index contributed by atoms with van der Waals surface area (Å²) in [5, 5.41) is 0. The Kier molecular flexibility index (Phi) is 5.86. The largest absolute Gasteiger partial charge is 0.416 e. The van der Waals surface area contributed by atoms with Crippen molar-refractivity contribution in [2.45, 2.75) is 20.0 Å². The van der Waals surface area contributed by atoms with Crippen molar-refractivity contribution in [3.63, 3.8) is 0 Å². The number of aryl methyl sites for hydroxylation is 2. The number of aromatic nitrogens is 2. The lowest BCUT2D eigenvalue weighted by molar-refractivity contribution is -0.137. The average molecular weight is 440 g/mol. The first-order valence-electron chi connectivity index (χ1n) is 10.3. The molecule has 1 aliphatic heterocycles. The minimum Gasteiger partial charge on any atom is -0.353 e. The van der Waals surface area contributed by atoms with Crippen LogP contribution in [0.2, 0.25) is 0 Å². The van der Waals surface area contributed by atoms with Crippen LogP contribution in [-0.4, -0.2) is 47.0 Å². The summed E-state index contributed by atoms with van der Waals surface area (Å²) in [5.74, 6) is 1.19. The second kappa shape index (κ2) is 8.61. The first kappa shape index (κ1) is 21.8. The molecule has 0 atom stereocenters. The summed E-state index contributed by atoms with van der Waals surface area (Å²) in [6.07, 6.45) is -4.42. The molecule has 8 heteroatoms. The Morgan fingerprint density at radius 1 is 0.875 bits per heavy atom. The van der Waals surface area contributed by atoms with Gasteiger partial charge in [-0.1, -0.05) is 29.8 Å². The second-order valence-electron chi connectivity index (χ2n) is 7.91. The van der Waals surface area contributed by atoms with Crippen molar-refractivity contribution in [2.75, 3.05) is 31.1 Å². The SMILES string of the molecule is Cc1ccc(-c2nc(C)cc(N3CCN(C(=O)c4ccc(C(F)(F)F)cc4)CC3)n2)cc1. The predicted octanol–water partition coefficient (Wildman–Crippen LogP) is 4.74. The van der Waals surface area contributed by atoms with Crippen LogP contribution < -0.4 is 4.90 Å². The number of hydrogen-bond acceptors (Lipinski definition) is 4. The van der Waals surface area contributed by atoms with Gasteiger partial charge >= 0.3 is 6.18 Å². The maximum Gasteiger partial charge on any atom is 0.416 e. The van der Waals surface area contributed by atoms with Crippen LogP contribution in [0.3, 0.4) is 0 Å². The van der Waals surface area contributed by atoms with Crippen LogP contribution in [0.25, 0.3) is 11.4 Å². The first-order chi connectivity index (χ1) is 15.2. The lowest BCUT2D eigenvalue weighted by Gasteiger charge is -2.35. The molecular weight excluding hydrogens is 417 g/mol. The molecule has 3 aromatic rings. The van der Waals surface area contributed by atoms with Gasteiger partial charge in [-0.25, -0.2) is 9.97 Å². The number of amides is 1. The summed E-state index contributed by atoms with van der Waals surface area (Å²) in [6.45, 7) is 6.03. The molecule has 1 aliphatic rings. The Morgan fingerprint density at radius 2 is 1.50 bits per heavy atom. The zero-order valence-corrected chi connectivity index (χ0v) is 17.9. The molecule has 1 saturated heterocycles. The zero-order chi connectivity index (χ0) is 22.9. The lowest BCUT2D eigenvalue weighted by atomic mass is 10.1. The number of hydrogen-bond donors (Lipinski definition) is 0. The summed E-state index contributed by atoms with van der Waals surface area (Å²) >= 11 is 0. The van der Waals surface area contributed by atoms with Gasteiger partial charge in [0.2, 0.25) is 0 Å². The fourth-order valence-corrected chi connectivity index (χ4v) is 3.67. The molecule has 4 rings (SSSR count). The molecule has 5 nitrogen and oxygen atoms in total. The number of halogens is 3. The number of nitrogens with zero attached hydrogens (tertiary/aromatic N) is 4. The molecule has 0 spiro atoms. The zero-order valence-electron chi connectivity index (χ0n) is 17.9. The van der Waals surface area contributed by atoms with Gasteiger partial charge in [0.05, 0.1) is 5.56 Å². The summed E-state index contributed by atoms with van der Waals surface area (Å²) in [4.78, 5) is 25.8. The van der Waals surface area contributed by atoms with Gasteiger partial charge in [-0.2, -0.15) is 13.2 Å². The van der Waals surface area contributed by atoms with E-state index in [9.17, 15) is 18.0 Å². The number of rotatable bonds is 3. The van der Waals surface area contributed by atoms with E-state index in [-0.39, 0.29) is 11.5 Å². The van der Waals surface area contributed by atoms with E-state index in [1.807, 2.05) is 44.2 Å². The quantitative estimate of drug-likeness (QED) is 0.590. The van der Waals surface area contributed by atoms with Crippen molar-refractivity contribution >= 4 is 11.7 Å². The van der Waals surface area contributed by atoms with E-state index >= 15 is 0 Å². The predicted molar refractivity (Wildman–Crippen MR) is 117 cm³/mol. The topological polar surface area (TPSA) is 49.3 Å². The molecule has 1 aromatic heterocycles. The van der Waals surface area contributed by atoms with Crippen LogP contribution in [-0.2, 0) is 6.18 Å². The van der Waals surface area contributed by atoms with E-state index in [1.165, 1.54) is 12.1 Å². The van der Waals surface area contributed by atoms with Crippen LogP contribution in [0.15, 0.2) is 54.6 Å². The van der Waals surface area contributed by atoms with Crippen molar-refractivity contribution in [2.24, 2.45) is 0 Å². The van der Waals surface area contributed by atoms with Crippen molar-refractivity contribution in [3.8, 4) is 11.4 Å². The Bertz CT molecular complexity index is 1100. The molecule has 0 aliphatic carbocycles. The van der Waals surface area contributed by atoms with Crippen molar-refractivity contribution < 1.29 is 18.0 Å². The average Bonchev–Trinajstić information content (AvgIpc) is 2.78. The summed E-state index contributed by atoms with van der Waals surface area (Å²) < 4.78 is 38.3. The molecule has 2 aromatic carbocycles. The number of anilines is 1. The molecule has 1 fully saturated rings. The van der Waals surface area contributed by atoms with Crippen molar-refractivity contribution in [1.29, 1.82) is 0 Å². The molecule has 0 unspecified atom stereocenters. The van der Waals surface area contributed by atoms with Crippen LogP contribution in [0.5, 0.6) is 0 Å². The lowest BCUT2D eigenvalue weighted by Crippen LogP contribution is -2.49. The van der Waals surface area contributed by atoms with E-state index < -0.39 is 11.7 Å². The minimum atomic E-state index is -4.42. The summed E-state index contributed by atoms with van der Waals surface area (Å²) in [7, 11) is 0. The van der Waals surface area contributed by atoms with Crippen LogP contribution >= 0.6 is 0 Å². The van der Waals surface area contributed by atoms with Gasteiger partial charge in [0.15, 0.2) is 5.82 Å². The van der Waals surface area contributed by atoms with Crippen LogP contribution in [0.4, 0.5) is 19.0 Å². The molecule has 0 radical (unpaired) electrons. The van der Waals surface area contributed by atoms with E-state index in [2.05, 4.69) is 9.88 Å². The van der Waals surface area contributed by atoms with E-state index in [4.69, 9.17) is 4.98 Å². The molecule has 0 N–H and O–H groups in total. The number of alkyl halides is 3. The van der Waals surface area contributed by atoms with Gasteiger partial charge in [-0.05, 0) is 38.1 Å². The summed E-state index contributed by atoms with van der Waals surface area (Å²) in [6, 6.07) is 14.3. The van der Waals surface area contributed by atoms with E-state index in [0.717, 1.165) is 34.8 Å². The first-order valence-corrected chi connectivity index (χ1v) is 10.3. The highest BCUT2D eigenvalue weighted by molar-refractivity contribution is 5.94. The van der Waals surface area contributed by atoms with E-state index in [0.29, 0.717) is 32.0 Å². The minimum absolute atomic E-state index is 0.256. The number of carbonyl (C=O) groups excluding carboxylic acids is 1. The highest BCUT2D eigenvalue weighted by atomic mass is 19.4. The Balaban J connectivity index is 1.44. The Hall–Kier alpha value is -3.42. The Labute approximate surface area is 184 Å². The molecular formula is C24H23F3N4O. The molecule has 0 saturated carbocycles. The third kappa shape index (κ3) is 4.74. The highest BCUT2D eigenvalue weighted by Crippen LogP contribution is 2.29. The fourth-order valence-electron chi connectivity index (χ4n) is 3.67. The monoisotopic (exact) mass is 440 g/mol. The molecule has 2 heterocycles. The number of carbonyl (C=O) groups is 1. The van der Waals surface area contributed by atoms with Gasteiger partial charge in [0.25, 0.3) is 5.91 Å². The molecule has 0 bridgehead atoms. The van der Waals surface area contributed by atoms with E-state index in [1.54, 1.807) is 4.90 Å². The third-order valence-corrected chi connectivity index (χ3v) is 5.50. The smallest absolute Gasteiger partial charge is 0.353 e. The van der Waals surface area contributed by atoms with Crippen LogP contribution in [0, 0.1) is 13.8 Å². The maximum atomic E-state index is 12.8. The molecule has 32 heavy (non-hydrogen) atoms. The Morgan fingerprint density at radius 3 is 2.09 bits per heavy atom. The molecule has 1 amide bonds. The van der Waals surface area contributed by atoms with Gasteiger partial charge < -0.3 is 9.80 Å². The van der Waals surface area contributed by atoms with Crippen molar-refractivity contribution in [3.05, 3.63) is 77.0 Å². The third-order valence-electron chi connectivity index (χ3n) is 5.50. The summed E-state index contributed by atoms with van der Waals surface area (Å²) in [5.41, 5.74) is 2.45. The van der Waals surface area contributed by atoms with Gasteiger partial charge in [0.1, 0.15) is 5.82 Å². The normalized spacial score (nSPS) is 14.5. The number of benzene rings is 2. The van der Waals surface area contributed by atoms with Crippen LogP contribution in [0.1, 0.15) is 27.2 Å². The second-order valence-corrected chi connectivity index (χ2v) is 7.91. The molecule has 166 valence electrons. The maximum absolute atomic E-state index is 12.8. The van der Waals surface area contributed by atoms with Gasteiger partial charge in [-0.15, -0.1) is 0 Å². The fraction of sp³-hybridized carbons (Fsp3) is 0.292. The number of piperazine rings is 1. The van der Waals surface area contributed by atoms with Crippen molar-refractivity contribution in [1.82, 2.24) is 14.9 Å².